The van der Waals surface area contributed by atoms with Gasteiger partial charge in [0.15, 0.2) is 23.0 Å². The molecule has 0 unspecified atom stereocenters. The number of anilines is 1. The van der Waals surface area contributed by atoms with E-state index >= 15 is 0 Å². The summed E-state index contributed by atoms with van der Waals surface area (Å²) in [6, 6.07) is 29.4. The lowest BCUT2D eigenvalue weighted by atomic mass is 10.1. The molecule has 0 fully saturated rings. The van der Waals surface area contributed by atoms with Crippen LogP contribution in [0, 0.1) is 0 Å². The molecule has 0 saturated heterocycles. The molecule has 0 aliphatic rings. The van der Waals surface area contributed by atoms with Crippen molar-refractivity contribution in [1.29, 1.82) is 0 Å². The van der Waals surface area contributed by atoms with Gasteiger partial charge >= 0.3 is 0 Å². The minimum Gasteiger partial charge on any atom is -0.428 e. The van der Waals surface area contributed by atoms with Crippen molar-refractivity contribution in [2.75, 3.05) is 4.90 Å². The van der Waals surface area contributed by atoms with Crippen LogP contribution < -0.4 is 7.97 Å². The van der Waals surface area contributed by atoms with Crippen LogP contribution in [-0.4, -0.2) is 0 Å². The summed E-state index contributed by atoms with van der Waals surface area (Å²) in [5.41, 5.74) is 3.80. The van der Waals surface area contributed by atoms with Crippen LogP contribution in [0.5, 0.6) is 5.75 Å². The monoisotopic (exact) mass is 415 g/mol. The Morgan fingerprint density at radius 3 is 1.57 bits per heavy atom. The highest BCUT2D eigenvalue weighted by Gasteiger charge is 2.09. The van der Waals surface area contributed by atoms with Crippen molar-refractivity contribution in [2.45, 2.75) is 13.1 Å². The molecule has 2 nitrogen and oxygen atoms in total. The Morgan fingerprint density at radius 2 is 1.13 bits per heavy atom. The molecule has 0 amide bonds. The molecule has 0 spiro atoms. The highest BCUT2D eigenvalue weighted by Crippen LogP contribution is 2.24. The number of halogens is 1. The van der Waals surface area contributed by atoms with Gasteiger partial charge in [0, 0.05) is 18.8 Å². The van der Waals surface area contributed by atoms with E-state index in [4.69, 9.17) is 3.07 Å². The van der Waals surface area contributed by atoms with Crippen molar-refractivity contribution < 1.29 is 3.07 Å². The fraction of sp³-hybridized carbons (Fsp3) is 0.100. The minimum atomic E-state index is 0.869. The van der Waals surface area contributed by atoms with Crippen molar-refractivity contribution in [2.24, 2.45) is 0 Å². The predicted molar refractivity (Wildman–Crippen MR) is 104 cm³/mol. The third-order valence-corrected chi connectivity index (χ3v) is 4.23. The summed E-state index contributed by atoms with van der Waals surface area (Å²) in [5, 5.41) is 0. The van der Waals surface area contributed by atoms with E-state index in [1.54, 1.807) is 0 Å². The Morgan fingerprint density at radius 1 is 0.652 bits per heavy atom. The lowest BCUT2D eigenvalue weighted by molar-refractivity contribution is 0.715. The second-order valence-electron chi connectivity index (χ2n) is 5.40. The Bertz CT molecular complexity index is 672. The van der Waals surface area contributed by atoms with Gasteiger partial charge in [-0.3, -0.25) is 0 Å². The predicted octanol–water partition coefficient (Wildman–Crippen LogP) is 5.62. The van der Waals surface area contributed by atoms with E-state index in [1.807, 2.05) is 35.1 Å². The van der Waals surface area contributed by atoms with Gasteiger partial charge in [-0.2, -0.15) is 0 Å². The lowest BCUT2D eigenvalue weighted by Crippen LogP contribution is -2.21. The zero-order valence-electron chi connectivity index (χ0n) is 12.7. The largest absolute Gasteiger partial charge is 0.428 e. The van der Waals surface area contributed by atoms with Crippen LogP contribution in [0.25, 0.3) is 0 Å². The topological polar surface area (TPSA) is 12.5 Å². The summed E-state index contributed by atoms with van der Waals surface area (Å²) in [4.78, 5) is 2.38. The van der Waals surface area contributed by atoms with Gasteiger partial charge in [0.25, 0.3) is 0 Å². The molecule has 0 aliphatic carbocycles. The molecule has 3 aromatic carbocycles. The van der Waals surface area contributed by atoms with E-state index in [9.17, 15) is 0 Å². The minimum absolute atomic E-state index is 0.869. The zero-order valence-corrected chi connectivity index (χ0v) is 14.9. The molecule has 0 atom stereocenters. The summed E-state index contributed by atoms with van der Waals surface area (Å²) in [6.07, 6.45) is 0. The first-order valence-electron chi connectivity index (χ1n) is 7.56. The molecule has 3 aromatic rings. The standard InChI is InChI=1S/C20H18INO/c21-23-20-13-11-19(12-14-20)22(15-17-7-3-1-4-8-17)16-18-9-5-2-6-10-18/h1-14H,15-16H2. The average Bonchev–Trinajstić information content (AvgIpc) is 2.63. The Hall–Kier alpha value is -2.01. The summed E-state index contributed by atoms with van der Waals surface area (Å²) in [7, 11) is 0. The van der Waals surface area contributed by atoms with Crippen molar-refractivity contribution in [3.63, 3.8) is 0 Å². The molecule has 0 N–H and O–H groups in total. The first-order chi connectivity index (χ1) is 11.3. The van der Waals surface area contributed by atoms with E-state index < -0.39 is 0 Å². The molecule has 0 aliphatic heterocycles. The van der Waals surface area contributed by atoms with Gasteiger partial charge in [-0.05, 0) is 35.4 Å². The Kier molecular flexibility index (Phi) is 5.53. The molecule has 0 radical (unpaired) electrons. The molecule has 0 heterocycles. The molecule has 3 heteroatoms. The highest BCUT2D eigenvalue weighted by molar-refractivity contribution is 14.1. The van der Waals surface area contributed by atoms with Gasteiger partial charge in [-0.1, -0.05) is 60.7 Å². The molecule has 23 heavy (non-hydrogen) atoms. The Balaban J connectivity index is 1.85. The summed E-state index contributed by atoms with van der Waals surface area (Å²) < 4.78 is 5.24. The molecular weight excluding hydrogens is 397 g/mol. The number of rotatable bonds is 6. The number of nitrogens with zero attached hydrogens (tertiary/aromatic N) is 1. The van der Waals surface area contributed by atoms with Gasteiger partial charge in [-0.25, -0.2) is 0 Å². The van der Waals surface area contributed by atoms with Crippen molar-refractivity contribution in [3.05, 3.63) is 96.1 Å². The van der Waals surface area contributed by atoms with Crippen LogP contribution in [0.3, 0.4) is 0 Å². The van der Waals surface area contributed by atoms with Gasteiger partial charge in [0.05, 0.1) is 0 Å². The SMILES string of the molecule is IOc1ccc(N(Cc2ccccc2)Cc2ccccc2)cc1. The third-order valence-electron chi connectivity index (χ3n) is 3.72. The van der Waals surface area contributed by atoms with Crippen molar-refractivity contribution in [1.82, 2.24) is 0 Å². The van der Waals surface area contributed by atoms with Crippen LogP contribution in [0.2, 0.25) is 0 Å². The molecule has 0 aromatic heterocycles. The van der Waals surface area contributed by atoms with Crippen LogP contribution in [0.1, 0.15) is 11.1 Å². The maximum atomic E-state index is 5.24. The molecule has 0 bridgehead atoms. The van der Waals surface area contributed by atoms with Crippen LogP contribution >= 0.6 is 23.0 Å². The van der Waals surface area contributed by atoms with Crippen molar-refractivity contribution in [3.8, 4) is 5.75 Å². The molecule has 116 valence electrons. The highest BCUT2D eigenvalue weighted by atomic mass is 127. The fourth-order valence-corrected chi connectivity index (χ4v) is 2.85. The number of hydrogen-bond acceptors (Lipinski definition) is 2. The van der Waals surface area contributed by atoms with Crippen molar-refractivity contribution >= 4 is 28.7 Å². The number of benzene rings is 3. The van der Waals surface area contributed by atoms with E-state index in [-0.39, 0.29) is 0 Å². The third kappa shape index (κ3) is 4.48. The van der Waals surface area contributed by atoms with E-state index in [0.717, 1.165) is 18.8 Å². The molecule has 3 rings (SSSR count). The number of hydrogen-bond donors (Lipinski definition) is 0. The first-order valence-corrected chi connectivity index (χ1v) is 8.45. The normalized spacial score (nSPS) is 10.3. The first kappa shape index (κ1) is 15.9. The Labute approximate surface area is 151 Å². The lowest BCUT2D eigenvalue weighted by Gasteiger charge is -2.25. The van der Waals surface area contributed by atoms with Gasteiger partial charge in [-0.15, -0.1) is 0 Å². The fourth-order valence-electron chi connectivity index (χ4n) is 2.55. The van der Waals surface area contributed by atoms with Crippen LogP contribution in [-0.2, 0) is 13.1 Å². The quantitative estimate of drug-likeness (QED) is 0.485. The second kappa shape index (κ2) is 8.02. The maximum Gasteiger partial charge on any atom is 0.192 e. The van der Waals surface area contributed by atoms with Gasteiger partial charge < -0.3 is 7.97 Å². The second-order valence-corrected chi connectivity index (χ2v) is 5.84. The molecular formula is C20H18INO. The van der Waals surface area contributed by atoms with E-state index in [2.05, 4.69) is 77.7 Å². The molecule has 0 saturated carbocycles. The summed E-state index contributed by atoms with van der Waals surface area (Å²) in [5.74, 6) is 0.869. The maximum absolute atomic E-state index is 5.24. The average molecular weight is 415 g/mol. The summed E-state index contributed by atoms with van der Waals surface area (Å²) in [6.45, 7) is 1.75. The van der Waals surface area contributed by atoms with Gasteiger partial charge in [0.1, 0.15) is 5.75 Å². The smallest absolute Gasteiger partial charge is 0.192 e. The van der Waals surface area contributed by atoms with Crippen LogP contribution in [0.4, 0.5) is 5.69 Å². The van der Waals surface area contributed by atoms with E-state index in [1.165, 1.54) is 16.8 Å². The van der Waals surface area contributed by atoms with Gasteiger partial charge in [0.2, 0.25) is 0 Å². The summed E-state index contributed by atoms with van der Waals surface area (Å²) >= 11 is 1.91. The van der Waals surface area contributed by atoms with E-state index in [0.29, 0.717) is 0 Å². The zero-order chi connectivity index (χ0) is 15.9. The van der Waals surface area contributed by atoms with Crippen LogP contribution in [0.15, 0.2) is 84.9 Å².